The third-order valence-electron chi connectivity index (χ3n) is 2.25. The molecular weight excluding hydrogens is 202 g/mol. The highest BCUT2D eigenvalue weighted by Crippen LogP contribution is 2.16. The van der Waals surface area contributed by atoms with Crippen LogP contribution in [0.4, 0.5) is 0 Å². The van der Waals surface area contributed by atoms with Crippen LogP contribution >= 0.6 is 11.3 Å². The van der Waals surface area contributed by atoms with Gasteiger partial charge in [-0.05, 0) is 23.9 Å². The Morgan fingerprint density at radius 3 is 2.60 bits per heavy atom. The van der Waals surface area contributed by atoms with Gasteiger partial charge in [0.2, 0.25) is 0 Å². The van der Waals surface area contributed by atoms with Crippen molar-refractivity contribution in [3.05, 3.63) is 58.3 Å². The Labute approximate surface area is 94.1 Å². The van der Waals surface area contributed by atoms with E-state index in [1.54, 1.807) is 11.3 Å². The summed E-state index contributed by atoms with van der Waals surface area (Å²) in [6.45, 7) is 2.11. The van der Waals surface area contributed by atoms with Crippen molar-refractivity contribution in [1.29, 1.82) is 0 Å². The summed E-state index contributed by atoms with van der Waals surface area (Å²) >= 11 is 1.71. The molecule has 0 aliphatic heterocycles. The largest absolute Gasteiger partial charge is 0.284 e. The highest BCUT2D eigenvalue weighted by molar-refractivity contribution is 7.11. The van der Waals surface area contributed by atoms with Gasteiger partial charge in [0.15, 0.2) is 0 Å². The Bertz CT molecular complexity index is 417. The molecule has 0 aliphatic carbocycles. The molecule has 2 aromatic rings. The Kier molecular flexibility index (Phi) is 3.30. The zero-order chi connectivity index (χ0) is 10.5. The van der Waals surface area contributed by atoms with Crippen LogP contribution < -0.4 is 0 Å². The molecule has 1 aromatic heterocycles. The first kappa shape index (κ1) is 10.1. The van der Waals surface area contributed by atoms with Gasteiger partial charge >= 0.3 is 0 Å². The molecule has 0 fully saturated rings. The quantitative estimate of drug-likeness (QED) is 0.688. The zero-order valence-corrected chi connectivity index (χ0v) is 9.45. The molecule has 0 saturated carbocycles. The minimum Gasteiger partial charge on any atom is -0.284 e. The summed E-state index contributed by atoms with van der Waals surface area (Å²) in [5.74, 6) is 0. The van der Waals surface area contributed by atoms with Gasteiger partial charge in [-0.2, -0.15) is 0 Å². The molecule has 15 heavy (non-hydrogen) atoms. The number of benzene rings is 1. The van der Waals surface area contributed by atoms with Crippen LogP contribution in [-0.2, 0) is 0 Å². The highest BCUT2D eigenvalue weighted by Gasteiger charge is 2.00. The van der Waals surface area contributed by atoms with E-state index in [0.29, 0.717) is 0 Å². The average Bonchev–Trinajstić information content (AvgIpc) is 2.80. The van der Waals surface area contributed by atoms with Crippen molar-refractivity contribution in [2.75, 3.05) is 0 Å². The molecule has 0 N–H and O–H groups in total. The predicted octanol–water partition coefficient (Wildman–Crippen LogP) is 3.93. The Balaban J connectivity index is 2.07. The second-order valence-electron chi connectivity index (χ2n) is 3.38. The summed E-state index contributed by atoms with van der Waals surface area (Å²) in [4.78, 5) is 5.73. The molecule has 0 aliphatic rings. The topological polar surface area (TPSA) is 12.4 Å². The van der Waals surface area contributed by atoms with E-state index >= 15 is 0 Å². The van der Waals surface area contributed by atoms with Gasteiger partial charge in [0.25, 0.3) is 0 Å². The standard InChI is InChI=1S/C13H13NS/c1-11(12-6-3-2-4-7-12)14-10-13-8-5-9-15-13/h2-11H,1H3/t11-/m0/s1. The molecule has 0 amide bonds. The summed E-state index contributed by atoms with van der Waals surface area (Å²) < 4.78 is 0. The summed E-state index contributed by atoms with van der Waals surface area (Å²) in [6.07, 6.45) is 1.95. The fourth-order valence-corrected chi connectivity index (χ4v) is 1.96. The van der Waals surface area contributed by atoms with Gasteiger partial charge in [0.05, 0.1) is 6.04 Å². The van der Waals surface area contributed by atoms with E-state index < -0.39 is 0 Å². The van der Waals surface area contributed by atoms with Crippen LogP contribution in [0.15, 0.2) is 52.8 Å². The fraction of sp³-hybridized carbons (Fsp3) is 0.154. The Morgan fingerprint density at radius 1 is 1.13 bits per heavy atom. The summed E-state index contributed by atoms with van der Waals surface area (Å²) in [5.41, 5.74) is 1.25. The van der Waals surface area contributed by atoms with Crippen LogP contribution in [0.2, 0.25) is 0 Å². The second kappa shape index (κ2) is 4.89. The van der Waals surface area contributed by atoms with Gasteiger partial charge in [-0.25, -0.2) is 0 Å². The molecule has 2 heteroatoms. The number of nitrogens with zero attached hydrogens (tertiary/aromatic N) is 1. The first-order chi connectivity index (χ1) is 7.36. The van der Waals surface area contributed by atoms with Gasteiger partial charge in [-0.3, -0.25) is 4.99 Å². The smallest absolute Gasteiger partial charge is 0.0721 e. The molecule has 1 atom stereocenters. The Hall–Kier alpha value is -1.41. The van der Waals surface area contributed by atoms with Crippen LogP contribution in [0.25, 0.3) is 0 Å². The van der Waals surface area contributed by atoms with Crippen molar-refractivity contribution >= 4 is 17.6 Å². The predicted molar refractivity (Wildman–Crippen MR) is 66.8 cm³/mol. The van der Waals surface area contributed by atoms with E-state index in [0.717, 1.165) is 0 Å². The van der Waals surface area contributed by atoms with Gasteiger partial charge in [0, 0.05) is 11.1 Å². The average molecular weight is 215 g/mol. The maximum absolute atomic E-state index is 4.52. The van der Waals surface area contributed by atoms with Gasteiger partial charge < -0.3 is 0 Å². The van der Waals surface area contributed by atoms with Crippen molar-refractivity contribution in [2.24, 2.45) is 4.99 Å². The lowest BCUT2D eigenvalue weighted by Crippen LogP contribution is -1.89. The molecular formula is C13H13NS. The van der Waals surface area contributed by atoms with E-state index in [2.05, 4.69) is 35.5 Å². The SMILES string of the molecule is C[C@H](N=Cc1cccs1)c1ccccc1. The summed E-state index contributed by atoms with van der Waals surface area (Å²) in [5, 5.41) is 2.06. The number of thiophene rings is 1. The molecule has 0 unspecified atom stereocenters. The maximum Gasteiger partial charge on any atom is 0.0721 e. The van der Waals surface area contributed by atoms with Gasteiger partial charge in [-0.1, -0.05) is 36.4 Å². The van der Waals surface area contributed by atoms with Crippen LogP contribution in [0.3, 0.4) is 0 Å². The van der Waals surface area contributed by atoms with Gasteiger partial charge in [-0.15, -0.1) is 11.3 Å². The lowest BCUT2D eigenvalue weighted by molar-refractivity contribution is 0.825. The van der Waals surface area contributed by atoms with E-state index in [4.69, 9.17) is 0 Å². The van der Waals surface area contributed by atoms with Crippen molar-refractivity contribution in [3.63, 3.8) is 0 Å². The minimum atomic E-state index is 0.230. The molecule has 2 rings (SSSR count). The molecule has 1 aromatic carbocycles. The molecule has 0 saturated heterocycles. The number of hydrogen-bond donors (Lipinski definition) is 0. The van der Waals surface area contributed by atoms with E-state index in [1.165, 1.54) is 10.4 Å². The van der Waals surface area contributed by atoms with E-state index in [1.807, 2.05) is 30.5 Å². The van der Waals surface area contributed by atoms with Crippen LogP contribution in [0.5, 0.6) is 0 Å². The van der Waals surface area contributed by atoms with Crippen molar-refractivity contribution < 1.29 is 0 Å². The Morgan fingerprint density at radius 2 is 1.93 bits per heavy atom. The zero-order valence-electron chi connectivity index (χ0n) is 8.63. The molecule has 0 spiro atoms. The first-order valence-corrected chi connectivity index (χ1v) is 5.86. The lowest BCUT2D eigenvalue weighted by Gasteiger charge is -2.04. The van der Waals surface area contributed by atoms with Crippen LogP contribution in [0.1, 0.15) is 23.4 Å². The monoisotopic (exact) mass is 215 g/mol. The first-order valence-electron chi connectivity index (χ1n) is 4.98. The highest BCUT2D eigenvalue weighted by atomic mass is 32.1. The summed E-state index contributed by atoms with van der Waals surface area (Å²) in [6, 6.07) is 14.7. The van der Waals surface area contributed by atoms with E-state index in [-0.39, 0.29) is 6.04 Å². The number of rotatable bonds is 3. The van der Waals surface area contributed by atoms with Crippen molar-refractivity contribution in [3.8, 4) is 0 Å². The maximum atomic E-state index is 4.52. The van der Waals surface area contributed by atoms with Gasteiger partial charge in [0.1, 0.15) is 0 Å². The van der Waals surface area contributed by atoms with Crippen molar-refractivity contribution in [1.82, 2.24) is 0 Å². The van der Waals surface area contributed by atoms with Crippen LogP contribution in [0, 0.1) is 0 Å². The lowest BCUT2D eigenvalue weighted by atomic mass is 10.1. The third-order valence-corrected chi connectivity index (χ3v) is 3.06. The molecule has 0 radical (unpaired) electrons. The summed E-state index contributed by atoms with van der Waals surface area (Å²) in [7, 11) is 0. The molecule has 0 bridgehead atoms. The normalized spacial score (nSPS) is 13.1. The molecule has 76 valence electrons. The van der Waals surface area contributed by atoms with Crippen LogP contribution in [-0.4, -0.2) is 6.21 Å². The fourth-order valence-electron chi connectivity index (χ4n) is 1.37. The van der Waals surface area contributed by atoms with E-state index in [9.17, 15) is 0 Å². The molecule has 1 nitrogen and oxygen atoms in total. The minimum absolute atomic E-state index is 0.230. The molecule has 1 heterocycles. The number of hydrogen-bond acceptors (Lipinski definition) is 2. The number of aliphatic imine (C=N–C) groups is 1. The second-order valence-corrected chi connectivity index (χ2v) is 4.36. The third kappa shape index (κ3) is 2.77. The van der Waals surface area contributed by atoms with Crippen molar-refractivity contribution in [2.45, 2.75) is 13.0 Å².